The van der Waals surface area contributed by atoms with Crippen LogP contribution in [0.3, 0.4) is 0 Å². The molecule has 0 aliphatic carbocycles. The number of benzene rings is 1. The number of para-hydroxylation sites is 2. The molecule has 2 aliphatic rings. The van der Waals surface area contributed by atoms with Gasteiger partial charge in [0.1, 0.15) is 6.54 Å². The van der Waals surface area contributed by atoms with Crippen molar-refractivity contribution >= 4 is 16.9 Å². The average molecular weight is 456 g/mol. The lowest BCUT2D eigenvalue weighted by atomic mass is 10.00. The molecule has 0 bridgehead atoms. The molecule has 1 aromatic heterocycles. The SMILES string of the molecule is CCn1c(=O)c(=O)n(CC(=O)NCCCN2CCC(N3CCCCC3)CC2)c2ccccc21. The zero-order valence-corrected chi connectivity index (χ0v) is 19.8. The number of carbonyl (C=O) groups excluding carboxylic acids is 1. The highest BCUT2D eigenvalue weighted by molar-refractivity contribution is 5.80. The van der Waals surface area contributed by atoms with Crippen LogP contribution in [0.1, 0.15) is 45.4 Å². The molecular weight excluding hydrogens is 418 g/mol. The number of nitrogens with zero attached hydrogens (tertiary/aromatic N) is 4. The van der Waals surface area contributed by atoms with Crippen LogP contribution in [-0.2, 0) is 17.9 Å². The first-order chi connectivity index (χ1) is 16.1. The normalized spacial score (nSPS) is 18.6. The second-order valence-corrected chi connectivity index (χ2v) is 9.30. The molecule has 1 amide bonds. The van der Waals surface area contributed by atoms with Gasteiger partial charge in [0.05, 0.1) is 11.0 Å². The fourth-order valence-electron chi connectivity index (χ4n) is 5.36. The van der Waals surface area contributed by atoms with Gasteiger partial charge >= 0.3 is 11.1 Å². The molecule has 0 radical (unpaired) electrons. The van der Waals surface area contributed by atoms with Crippen LogP contribution in [0.5, 0.6) is 0 Å². The van der Waals surface area contributed by atoms with Gasteiger partial charge in [-0.05, 0) is 83.9 Å². The fraction of sp³-hybridized carbons (Fsp3) is 0.640. The smallest absolute Gasteiger partial charge is 0.317 e. The maximum atomic E-state index is 12.6. The molecule has 2 fully saturated rings. The van der Waals surface area contributed by atoms with Crippen molar-refractivity contribution in [3.63, 3.8) is 0 Å². The molecule has 1 N–H and O–H groups in total. The van der Waals surface area contributed by atoms with E-state index in [1.54, 1.807) is 6.07 Å². The van der Waals surface area contributed by atoms with Crippen LogP contribution < -0.4 is 16.4 Å². The van der Waals surface area contributed by atoms with Gasteiger partial charge in [-0.25, -0.2) is 0 Å². The van der Waals surface area contributed by atoms with Crippen molar-refractivity contribution in [1.82, 2.24) is 24.3 Å². The molecule has 1 aromatic carbocycles. The lowest BCUT2D eigenvalue weighted by Crippen LogP contribution is -2.47. The summed E-state index contributed by atoms with van der Waals surface area (Å²) in [7, 11) is 0. The summed E-state index contributed by atoms with van der Waals surface area (Å²) in [5.41, 5.74) is 0.0419. The highest BCUT2D eigenvalue weighted by Crippen LogP contribution is 2.20. The van der Waals surface area contributed by atoms with Crippen molar-refractivity contribution in [2.24, 2.45) is 0 Å². The van der Waals surface area contributed by atoms with E-state index in [1.165, 1.54) is 54.3 Å². The molecule has 0 unspecified atom stereocenters. The van der Waals surface area contributed by atoms with Crippen molar-refractivity contribution in [2.75, 3.05) is 39.3 Å². The Morgan fingerprint density at radius 1 is 0.939 bits per heavy atom. The van der Waals surface area contributed by atoms with Crippen LogP contribution in [0.4, 0.5) is 0 Å². The molecule has 180 valence electrons. The predicted octanol–water partition coefficient (Wildman–Crippen LogP) is 1.64. The van der Waals surface area contributed by atoms with Crippen LogP contribution in [0.2, 0.25) is 0 Å². The molecule has 4 rings (SSSR count). The van der Waals surface area contributed by atoms with Crippen LogP contribution in [0.15, 0.2) is 33.9 Å². The monoisotopic (exact) mass is 455 g/mol. The number of aryl methyl sites for hydroxylation is 1. The minimum Gasteiger partial charge on any atom is -0.355 e. The number of hydrogen-bond acceptors (Lipinski definition) is 5. The molecule has 0 saturated carbocycles. The number of rotatable bonds is 8. The third kappa shape index (κ3) is 5.55. The van der Waals surface area contributed by atoms with Gasteiger partial charge in [-0.3, -0.25) is 19.0 Å². The van der Waals surface area contributed by atoms with Crippen molar-refractivity contribution in [3.8, 4) is 0 Å². The molecule has 8 nitrogen and oxygen atoms in total. The number of hydrogen-bond donors (Lipinski definition) is 1. The summed E-state index contributed by atoms with van der Waals surface area (Å²) < 4.78 is 2.76. The Labute approximate surface area is 195 Å². The first-order valence-electron chi connectivity index (χ1n) is 12.5. The molecule has 8 heteroatoms. The van der Waals surface area contributed by atoms with Gasteiger partial charge in [0, 0.05) is 19.1 Å². The van der Waals surface area contributed by atoms with Crippen LogP contribution in [0, 0.1) is 0 Å². The topological polar surface area (TPSA) is 79.6 Å². The second-order valence-electron chi connectivity index (χ2n) is 9.30. The van der Waals surface area contributed by atoms with Gasteiger partial charge in [0.2, 0.25) is 5.91 Å². The summed E-state index contributed by atoms with van der Waals surface area (Å²) in [6, 6.07) is 7.98. The molecule has 0 spiro atoms. The number of piperidine rings is 2. The van der Waals surface area contributed by atoms with E-state index in [9.17, 15) is 14.4 Å². The molecule has 2 aliphatic heterocycles. The Morgan fingerprint density at radius 3 is 2.24 bits per heavy atom. The summed E-state index contributed by atoms with van der Waals surface area (Å²) in [6.07, 6.45) is 7.44. The van der Waals surface area contributed by atoms with Crippen LogP contribution in [0.25, 0.3) is 11.0 Å². The van der Waals surface area contributed by atoms with Crippen LogP contribution in [-0.4, -0.2) is 70.2 Å². The third-order valence-corrected chi connectivity index (χ3v) is 7.19. The van der Waals surface area contributed by atoms with Crippen molar-refractivity contribution < 1.29 is 4.79 Å². The Balaban J connectivity index is 1.25. The zero-order valence-electron chi connectivity index (χ0n) is 19.8. The maximum absolute atomic E-state index is 12.6. The molecule has 0 atom stereocenters. The van der Waals surface area contributed by atoms with Crippen molar-refractivity contribution in [3.05, 3.63) is 45.0 Å². The number of aromatic nitrogens is 2. The second kappa shape index (κ2) is 11.1. The highest BCUT2D eigenvalue weighted by Gasteiger charge is 2.25. The van der Waals surface area contributed by atoms with E-state index in [0.717, 1.165) is 32.1 Å². The van der Waals surface area contributed by atoms with Gasteiger partial charge in [-0.1, -0.05) is 18.6 Å². The van der Waals surface area contributed by atoms with Crippen molar-refractivity contribution in [1.29, 1.82) is 0 Å². The molecule has 2 aromatic rings. The largest absolute Gasteiger partial charge is 0.355 e. The van der Waals surface area contributed by atoms with Gasteiger partial charge in [-0.2, -0.15) is 0 Å². The molecule has 33 heavy (non-hydrogen) atoms. The third-order valence-electron chi connectivity index (χ3n) is 7.19. The molecular formula is C25H37N5O3. The summed E-state index contributed by atoms with van der Waals surface area (Å²) in [5.74, 6) is -0.236. The van der Waals surface area contributed by atoms with Gasteiger partial charge in [0.15, 0.2) is 0 Å². The van der Waals surface area contributed by atoms with Gasteiger partial charge in [0.25, 0.3) is 0 Å². The quantitative estimate of drug-likeness (QED) is 0.484. The molecule has 3 heterocycles. The minimum absolute atomic E-state index is 0.139. The summed E-state index contributed by atoms with van der Waals surface area (Å²) in [6.45, 7) is 8.45. The molecule has 2 saturated heterocycles. The average Bonchev–Trinajstić information content (AvgIpc) is 2.86. The highest BCUT2D eigenvalue weighted by atomic mass is 16.2. The predicted molar refractivity (Wildman–Crippen MR) is 131 cm³/mol. The lowest BCUT2D eigenvalue weighted by molar-refractivity contribution is -0.121. The summed E-state index contributed by atoms with van der Waals surface area (Å²) in [5, 5.41) is 2.93. The number of carbonyl (C=O) groups is 1. The van der Waals surface area contributed by atoms with E-state index in [0.29, 0.717) is 24.1 Å². The van der Waals surface area contributed by atoms with Gasteiger partial charge < -0.3 is 19.7 Å². The number of fused-ring (bicyclic) bond motifs is 1. The Hall–Kier alpha value is -2.45. The minimum atomic E-state index is -0.651. The van der Waals surface area contributed by atoms with Gasteiger partial charge in [-0.15, -0.1) is 0 Å². The first kappa shape index (κ1) is 23.7. The standard InChI is InChI=1S/C25H37N5O3/c1-2-29-21-9-4-5-10-22(21)30(25(33)24(29)32)19-23(31)26-13-8-14-27-17-11-20(12-18-27)28-15-6-3-7-16-28/h4-5,9-10,20H,2-3,6-8,11-19H2,1H3,(H,26,31). The van der Waals surface area contributed by atoms with E-state index in [2.05, 4.69) is 15.1 Å². The first-order valence-corrected chi connectivity index (χ1v) is 12.5. The number of amides is 1. The lowest BCUT2D eigenvalue weighted by Gasteiger charge is -2.40. The fourth-order valence-corrected chi connectivity index (χ4v) is 5.36. The van der Waals surface area contributed by atoms with E-state index in [-0.39, 0.29) is 12.5 Å². The van der Waals surface area contributed by atoms with E-state index in [1.807, 2.05) is 25.1 Å². The summed E-state index contributed by atoms with van der Waals surface area (Å²) >= 11 is 0. The number of nitrogens with one attached hydrogen (secondary N) is 1. The van der Waals surface area contributed by atoms with E-state index >= 15 is 0 Å². The van der Waals surface area contributed by atoms with E-state index < -0.39 is 11.1 Å². The Kier molecular flexibility index (Phi) is 7.98. The number of likely N-dealkylation sites (tertiary alicyclic amines) is 2. The Bertz CT molecular complexity index is 1060. The van der Waals surface area contributed by atoms with Crippen molar-refractivity contribution in [2.45, 2.75) is 64.6 Å². The van der Waals surface area contributed by atoms with E-state index in [4.69, 9.17) is 0 Å². The zero-order chi connectivity index (χ0) is 23.2. The summed E-state index contributed by atoms with van der Waals surface area (Å²) in [4.78, 5) is 42.8. The van der Waals surface area contributed by atoms with Crippen LogP contribution >= 0.6 is 0 Å². The Morgan fingerprint density at radius 2 is 1.58 bits per heavy atom. The maximum Gasteiger partial charge on any atom is 0.317 e.